The largest absolute Gasteiger partial charge is 0.384 e. The molecule has 0 bridgehead atoms. The number of para-hydroxylation sites is 1. The van der Waals surface area contributed by atoms with Crippen molar-refractivity contribution in [3.8, 4) is 23.5 Å². The van der Waals surface area contributed by atoms with Crippen molar-refractivity contribution in [3.05, 3.63) is 54.6 Å². The van der Waals surface area contributed by atoms with Crippen LogP contribution in [0, 0.1) is 12.3 Å². The Bertz CT molecular complexity index is 509. The average Bonchev–Trinajstić information content (AvgIpc) is 2.41. The number of nitrogens with one attached hydrogen (secondary N) is 1. The van der Waals surface area contributed by atoms with Crippen molar-refractivity contribution in [2.75, 3.05) is 11.9 Å². The van der Waals surface area contributed by atoms with E-state index in [1.165, 1.54) is 11.1 Å². The highest BCUT2D eigenvalue weighted by Crippen LogP contribution is 2.27. The minimum atomic E-state index is 0.739. The van der Waals surface area contributed by atoms with Gasteiger partial charge < -0.3 is 5.32 Å². The molecule has 17 heavy (non-hydrogen) atoms. The Labute approximate surface area is 102 Å². The van der Waals surface area contributed by atoms with Gasteiger partial charge in [0.05, 0.1) is 0 Å². The number of terminal acetylenes is 1. The molecule has 84 valence electrons. The van der Waals surface area contributed by atoms with Gasteiger partial charge in [0.1, 0.15) is 0 Å². The van der Waals surface area contributed by atoms with Gasteiger partial charge in [-0.25, -0.2) is 0 Å². The Kier molecular flexibility index (Phi) is 3.83. The minimum Gasteiger partial charge on any atom is -0.384 e. The van der Waals surface area contributed by atoms with Crippen molar-refractivity contribution >= 4 is 5.69 Å². The molecular formula is C16H15N. The van der Waals surface area contributed by atoms with E-state index in [0.29, 0.717) is 0 Å². The van der Waals surface area contributed by atoms with E-state index < -0.39 is 0 Å². The lowest BCUT2D eigenvalue weighted by molar-refractivity contribution is 1.10. The van der Waals surface area contributed by atoms with Gasteiger partial charge in [-0.15, -0.1) is 12.3 Å². The van der Waals surface area contributed by atoms with Crippen molar-refractivity contribution in [3.63, 3.8) is 0 Å². The van der Waals surface area contributed by atoms with Gasteiger partial charge >= 0.3 is 0 Å². The third kappa shape index (κ3) is 2.89. The fraction of sp³-hybridized carbons (Fsp3) is 0.125. The highest BCUT2D eigenvalue weighted by atomic mass is 14.9. The summed E-state index contributed by atoms with van der Waals surface area (Å²) in [5.41, 5.74) is 3.57. The molecular weight excluding hydrogens is 206 g/mol. The van der Waals surface area contributed by atoms with Crippen LogP contribution in [0.2, 0.25) is 0 Å². The molecule has 0 fully saturated rings. The standard InChI is InChI=1S/C16H15N/c1-2-3-13-17-16-12-8-7-11-15(16)14-9-5-4-6-10-14/h1,4-12,17H,3,13H2. The second-order valence-corrected chi connectivity index (χ2v) is 3.79. The van der Waals surface area contributed by atoms with Gasteiger partial charge in [0.2, 0.25) is 0 Å². The zero-order valence-electron chi connectivity index (χ0n) is 9.69. The quantitative estimate of drug-likeness (QED) is 0.612. The third-order valence-corrected chi connectivity index (χ3v) is 2.60. The highest BCUT2D eigenvalue weighted by Gasteiger charge is 2.02. The fourth-order valence-electron chi connectivity index (χ4n) is 1.78. The van der Waals surface area contributed by atoms with Gasteiger partial charge in [0.25, 0.3) is 0 Å². The summed E-state index contributed by atoms with van der Waals surface area (Å²) in [5.74, 6) is 2.63. The SMILES string of the molecule is C#CCCNc1ccccc1-c1ccccc1. The predicted molar refractivity (Wildman–Crippen MR) is 73.8 cm³/mol. The second kappa shape index (κ2) is 5.77. The van der Waals surface area contributed by atoms with Gasteiger partial charge in [-0.3, -0.25) is 0 Å². The van der Waals surface area contributed by atoms with E-state index in [9.17, 15) is 0 Å². The molecule has 0 saturated carbocycles. The first-order valence-corrected chi connectivity index (χ1v) is 5.73. The van der Waals surface area contributed by atoms with E-state index in [2.05, 4.69) is 41.6 Å². The Morgan fingerprint density at radius 2 is 1.65 bits per heavy atom. The van der Waals surface area contributed by atoms with Gasteiger partial charge in [0, 0.05) is 24.2 Å². The van der Waals surface area contributed by atoms with Crippen molar-refractivity contribution in [2.45, 2.75) is 6.42 Å². The summed E-state index contributed by atoms with van der Waals surface area (Å²) in [4.78, 5) is 0. The number of hydrogen-bond donors (Lipinski definition) is 1. The lowest BCUT2D eigenvalue weighted by Gasteiger charge is -2.11. The Balaban J connectivity index is 2.25. The third-order valence-electron chi connectivity index (χ3n) is 2.60. The summed E-state index contributed by atoms with van der Waals surface area (Å²) in [7, 11) is 0. The van der Waals surface area contributed by atoms with E-state index in [1.54, 1.807) is 0 Å². The van der Waals surface area contributed by atoms with Crippen LogP contribution in [0.4, 0.5) is 5.69 Å². The molecule has 0 unspecified atom stereocenters. The Morgan fingerprint density at radius 1 is 0.941 bits per heavy atom. The number of benzene rings is 2. The first-order valence-electron chi connectivity index (χ1n) is 5.73. The number of rotatable bonds is 4. The number of hydrogen-bond acceptors (Lipinski definition) is 1. The molecule has 1 heteroatoms. The molecule has 0 amide bonds. The van der Waals surface area contributed by atoms with Crippen LogP contribution >= 0.6 is 0 Å². The van der Waals surface area contributed by atoms with E-state index in [4.69, 9.17) is 6.42 Å². The predicted octanol–water partition coefficient (Wildman–Crippen LogP) is 3.79. The molecule has 0 radical (unpaired) electrons. The molecule has 0 spiro atoms. The first-order chi connectivity index (χ1) is 8.42. The lowest BCUT2D eigenvalue weighted by Crippen LogP contribution is -2.01. The maximum absolute atomic E-state index is 5.25. The fourth-order valence-corrected chi connectivity index (χ4v) is 1.78. The molecule has 0 atom stereocenters. The maximum Gasteiger partial charge on any atom is 0.0420 e. The monoisotopic (exact) mass is 221 g/mol. The normalized spacial score (nSPS) is 9.59. The van der Waals surface area contributed by atoms with E-state index in [1.807, 2.05) is 24.3 Å². The molecule has 0 aliphatic carbocycles. The van der Waals surface area contributed by atoms with Gasteiger partial charge in [-0.2, -0.15) is 0 Å². The summed E-state index contributed by atoms with van der Waals surface area (Å²) in [6, 6.07) is 18.6. The first kappa shape index (κ1) is 11.3. The average molecular weight is 221 g/mol. The molecule has 0 aliphatic heterocycles. The molecule has 1 N–H and O–H groups in total. The second-order valence-electron chi connectivity index (χ2n) is 3.79. The van der Waals surface area contributed by atoms with E-state index >= 15 is 0 Å². The molecule has 0 aliphatic rings. The van der Waals surface area contributed by atoms with Crippen LogP contribution in [0.5, 0.6) is 0 Å². The Hall–Kier alpha value is -2.20. The smallest absolute Gasteiger partial charge is 0.0420 e. The summed E-state index contributed by atoms with van der Waals surface area (Å²) in [6.45, 7) is 0.806. The molecule has 0 aromatic heterocycles. The van der Waals surface area contributed by atoms with Crippen LogP contribution in [0.1, 0.15) is 6.42 Å². The van der Waals surface area contributed by atoms with Crippen LogP contribution in [0.15, 0.2) is 54.6 Å². The Morgan fingerprint density at radius 3 is 2.41 bits per heavy atom. The number of anilines is 1. The molecule has 0 heterocycles. The van der Waals surface area contributed by atoms with E-state index in [0.717, 1.165) is 18.7 Å². The molecule has 1 nitrogen and oxygen atoms in total. The van der Waals surface area contributed by atoms with Crippen molar-refractivity contribution in [1.82, 2.24) is 0 Å². The van der Waals surface area contributed by atoms with Crippen LogP contribution in [-0.2, 0) is 0 Å². The zero-order chi connectivity index (χ0) is 11.9. The van der Waals surface area contributed by atoms with Gasteiger partial charge in [-0.05, 0) is 11.6 Å². The van der Waals surface area contributed by atoms with Crippen LogP contribution in [-0.4, -0.2) is 6.54 Å². The summed E-state index contributed by atoms with van der Waals surface area (Å²) in [5, 5.41) is 3.37. The molecule has 2 aromatic carbocycles. The van der Waals surface area contributed by atoms with E-state index in [-0.39, 0.29) is 0 Å². The summed E-state index contributed by atoms with van der Waals surface area (Å²) < 4.78 is 0. The molecule has 2 rings (SSSR count). The van der Waals surface area contributed by atoms with Crippen molar-refractivity contribution < 1.29 is 0 Å². The maximum atomic E-state index is 5.25. The van der Waals surface area contributed by atoms with Crippen LogP contribution in [0.3, 0.4) is 0 Å². The topological polar surface area (TPSA) is 12.0 Å². The molecule has 2 aromatic rings. The highest BCUT2D eigenvalue weighted by molar-refractivity contribution is 5.77. The van der Waals surface area contributed by atoms with Gasteiger partial charge in [-0.1, -0.05) is 48.5 Å². The minimum absolute atomic E-state index is 0.739. The molecule has 0 saturated heterocycles. The summed E-state index contributed by atoms with van der Waals surface area (Å²) >= 11 is 0. The lowest BCUT2D eigenvalue weighted by atomic mass is 10.0. The zero-order valence-corrected chi connectivity index (χ0v) is 9.69. The van der Waals surface area contributed by atoms with Crippen molar-refractivity contribution in [2.24, 2.45) is 0 Å². The van der Waals surface area contributed by atoms with Gasteiger partial charge in [0.15, 0.2) is 0 Å². The van der Waals surface area contributed by atoms with Crippen LogP contribution in [0.25, 0.3) is 11.1 Å². The van der Waals surface area contributed by atoms with Crippen LogP contribution < -0.4 is 5.32 Å². The van der Waals surface area contributed by atoms with Crippen molar-refractivity contribution in [1.29, 1.82) is 0 Å². The summed E-state index contributed by atoms with van der Waals surface area (Å²) in [6.07, 6.45) is 5.99.